The first kappa shape index (κ1) is 15.1. The van der Waals surface area contributed by atoms with Crippen molar-refractivity contribution < 1.29 is 4.79 Å². The average Bonchev–Trinajstić information content (AvgIpc) is 2.97. The molecule has 1 amide bonds. The third-order valence-corrected chi connectivity index (χ3v) is 4.70. The summed E-state index contributed by atoms with van der Waals surface area (Å²) in [5.74, 6) is 0.569. The lowest BCUT2D eigenvalue weighted by molar-refractivity contribution is 0.0908. The van der Waals surface area contributed by atoms with E-state index >= 15 is 0 Å². The molecule has 2 aromatic rings. The Hall–Kier alpha value is -1.79. The number of hydrogen-bond donors (Lipinski definition) is 1. The van der Waals surface area contributed by atoms with E-state index in [0.717, 1.165) is 44.0 Å². The second-order valence-corrected chi connectivity index (χ2v) is 6.41. The summed E-state index contributed by atoms with van der Waals surface area (Å²) in [6, 6.07) is 10.7. The molecule has 2 heterocycles. The number of hydrogen-bond acceptors (Lipinski definition) is 5. The van der Waals surface area contributed by atoms with Crippen LogP contribution < -0.4 is 5.32 Å². The van der Waals surface area contributed by atoms with Gasteiger partial charge in [0.1, 0.15) is 5.82 Å². The van der Waals surface area contributed by atoms with Crippen molar-refractivity contribution in [2.75, 3.05) is 13.1 Å². The van der Waals surface area contributed by atoms with Gasteiger partial charge in [-0.1, -0.05) is 30.3 Å². The number of amides is 1. The van der Waals surface area contributed by atoms with Gasteiger partial charge < -0.3 is 5.32 Å². The Bertz CT molecular complexity index is 620. The second kappa shape index (κ2) is 6.98. The summed E-state index contributed by atoms with van der Waals surface area (Å²) in [6.07, 6.45) is 1.96. The number of piperidine rings is 1. The molecular formula is C16H20N4OS. The summed E-state index contributed by atoms with van der Waals surface area (Å²) >= 11 is 1.16. The standard InChI is InChI=1S/C16H20N4OS/c1-12-17-16(22-19-12)15(21)18-14-7-9-20(10-8-14)11-13-5-3-2-4-6-13/h2-6,14H,7-11H2,1H3,(H,18,21). The third kappa shape index (κ3) is 3.90. The van der Waals surface area contributed by atoms with Gasteiger partial charge in [-0.15, -0.1) is 0 Å². The molecule has 6 heteroatoms. The van der Waals surface area contributed by atoms with E-state index in [-0.39, 0.29) is 11.9 Å². The van der Waals surface area contributed by atoms with Crippen molar-refractivity contribution in [1.29, 1.82) is 0 Å². The molecule has 3 rings (SSSR count). The zero-order valence-electron chi connectivity index (χ0n) is 12.7. The number of nitrogens with one attached hydrogen (secondary N) is 1. The molecule has 0 radical (unpaired) electrons. The highest BCUT2D eigenvalue weighted by Crippen LogP contribution is 2.14. The van der Waals surface area contributed by atoms with E-state index in [1.165, 1.54) is 5.56 Å². The zero-order valence-corrected chi connectivity index (χ0v) is 13.5. The van der Waals surface area contributed by atoms with Crippen LogP contribution in [0, 0.1) is 6.92 Å². The van der Waals surface area contributed by atoms with Crippen LogP contribution >= 0.6 is 11.5 Å². The number of benzene rings is 1. The molecule has 1 N–H and O–H groups in total. The van der Waals surface area contributed by atoms with Crippen molar-refractivity contribution >= 4 is 17.4 Å². The van der Waals surface area contributed by atoms with Crippen molar-refractivity contribution in [3.8, 4) is 0 Å². The van der Waals surface area contributed by atoms with Crippen LogP contribution in [-0.4, -0.2) is 39.3 Å². The lowest BCUT2D eigenvalue weighted by Gasteiger charge is -2.32. The summed E-state index contributed by atoms with van der Waals surface area (Å²) < 4.78 is 4.05. The van der Waals surface area contributed by atoms with Gasteiger partial charge in [-0.25, -0.2) is 4.98 Å². The molecule has 1 aliphatic heterocycles. The summed E-state index contributed by atoms with van der Waals surface area (Å²) in [7, 11) is 0. The van der Waals surface area contributed by atoms with Crippen LogP contribution in [0.25, 0.3) is 0 Å². The average molecular weight is 316 g/mol. The topological polar surface area (TPSA) is 58.1 Å². The fourth-order valence-electron chi connectivity index (χ4n) is 2.71. The fourth-order valence-corrected chi connectivity index (χ4v) is 3.29. The van der Waals surface area contributed by atoms with Crippen LogP contribution in [0.3, 0.4) is 0 Å². The number of rotatable bonds is 4. The lowest BCUT2D eigenvalue weighted by atomic mass is 10.0. The third-order valence-electron chi connectivity index (χ3n) is 3.89. The zero-order chi connectivity index (χ0) is 15.4. The smallest absolute Gasteiger partial charge is 0.282 e. The molecule has 1 fully saturated rings. The first-order valence-electron chi connectivity index (χ1n) is 7.58. The maximum atomic E-state index is 12.1. The largest absolute Gasteiger partial charge is 0.347 e. The van der Waals surface area contributed by atoms with Crippen molar-refractivity contribution in [3.63, 3.8) is 0 Å². The highest BCUT2D eigenvalue weighted by molar-refractivity contribution is 7.07. The van der Waals surface area contributed by atoms with E-state index in [1.54, 1.807) is 6.92 Å². The fraction of sp³-hybridized carbons (Fsp3) is 0.438. The molecule has 0 spiro atoms. The van der Waals surface area contributed by atoms with Crippen LogP contribution in [0.4, 0.5) is 0 Å². The summed E-state index contributed by atoms with van der Waals surface area (Å²) in [6.45, 7) is 4.80. The summed E-state index contributed by atoms with van der Waals surface area (Å²) in [5, 5.41) is 3.54. The van der Waals surface area contributed by atoms with E-state index in [2.05, 4.69) is 43.8 Å². The maximum absolute atomic E-state index is 12.1. The molecular weight excluding hydrogens is 296 g/mol. The normalized spacial score (nSPS) is 16.6. The molecule has 1 aliphatic rings. The van der Waals surface area contributed by atoms with Gasteiger partial charge in [0.05, 0.1) is 0 Å². The van der Waals surface area contributed by atoms with Gasteiger partial charge in [0.2, 0.25) is 5.01 Å². The molecule has 5 nitrogen and oxygen atoms in total. The molecule has 1 aromatic carbocycles. The number of aromatic nitrogens is 2. The predicted molar refractivity (Wildman–Crippen MR) is 86.9 cm³/mol. The Kier molecular flexibility index (Phi) is 4.80. The SMILES string of the molecule is Cc1nsc(C(=O)NC2CCN(Cc3ccccc3)CC2)n1. The first-order valence-corrected chi connectivity index (χ1v) is 8.35. The van der Waals surface area contributed by atoms with Crippen molar-refractivity contribution in [1.82, 2.24) is 19.6 Å². The Morgan fingerprint density at radius 3 is 2.68 bits per heavy atom. The number of nitrogens with zero attached hydrogens (tertiary/aromatic N) is 3. The lowest BCUT2D eigenvalue weighted by Crippen LogP contribution is -2.44. The van der Waals surface area contributed by atoms with E-state index in [1.807, 2.05) is 6.07 Å². The van der Waals surface area contributed by atoms with E-state index < -0.39 is 0 Å². The van der Waals surface area contributed by atoms with E-state index in [4.69, 9.17) is 0 Å². The second-order valence-electron chi connectivity index (χ2n) is 5.66. The molecule has 0 atom stereocenters. The van der Waals surface area contributed by atoms with Gasteiger partial charge in [0.25, 0.3) is 5.91 Å². The Morgan fingerprint density at radius 2 is 2.05 bits per heavy atom. The molecule has 22 heavy (non-hydrogen) atoms. The van der Waals surface area contributed by atoms with Crippen molar-refractivity contribution in [2.45, 2.75) is 32.4 Å². The minimum absolute atomic E-state index is 0.0906. The highest BCUT2D eigenvalue weighted by Gasteiger charge is 2.22. The van der Waals surface area contributed by atoms with Gasteiger partial charge in [-0.05, 0) is 36.9 Å². The predicted octanol–water partition coefficient (Wildman–Crippen LogP) is 2.24. The number of carbonyl (C=O) groups is 1. The van der Waals surface area contributed by atoms with E-state index in [0.29, 0.717) is 10.8 Å². The molecule has 116 valence electrons. The van der Waals surface area contributed by atoms with Gasteiger partial charge in [-0.2, -0.15) is 4.37 Å². The summed E-state index contributed by atoms with van der Waals surface area (Å²) in [5.41, 5.74) is 1.34. The number of aryl methyl sites for hydroxylation is 1. The van der Waals surface area contributed by atoms with Crippen LogP contribution in [0.5, 0.6) is 0 Å². The Balaban J connectivity index is 1.46. The molecule has 1 saturated heterocycles. The highest BCUT2D eigenvalue weighted by atomic mass is 32.1. The van der Waals surface area contributed by atoms with Crippen LogP contribution in [0.2, 0.25) is 0 Å². The van der Waals surface area contributed by atoms with Gasteiger partial charge >= 0.3 is 0 Å². The molecule has 0 bridgehead atoms. The van der Waals surface area contributed by atoms with Gasteiger partial charge in [-0.3, -0.25) is 9.69 Å². The Labute approximate surface area is 134 Å². The maximum Gasteiger partial charge on any atom is 0.282 e. The Morgan fingerprint density at radius 1 is 1.32 bits per heavy atom. The van der Waals surface area contributed by atoms with Crippen LogP contribution in [0.15, 0.2) is 30.3 Å². The van der Waals surface area contributed by atoms with Gasteiger partial charge in [0, 0.05) is 25.7 Å². The molecule has 0 unspecified atom stereocenters. The number of likely N-dealkylation sites (tertiary alicyclic amines) is 1. The van der Waals surface area contributed by atoms with Gasteiger partial charge in [0.15, 0.2) is 0 Å². The molecule has 0 aliphatic carbocycles. The molecule has 0 saturated carbocycles. The molecule has 1 aromatic heterocycles. The van der Waals surface area contributed by atoms with E-state index in [9.17, 15) is 4.79 Å². The first-order chi connectivity index (χ1) is 10.7. The quantitative estimate of drug-likeness (QED) is 0.940. The monoisotopic (exact) mass is 316 g/mol. The van der Waals surface area contributed by atoms with Crippen molar-refractivity contribution in [3.05, 3.63) is 46.7 Å². The minimum atomic E-state index is -0.0906. The van der Waals surface area contributed by atoms with Crippen LogP contribution in [-0.2, 0) is 6.54 Å². The summed E-state index contributed by atoms with van der Waals surface area (Å²) in [4.78, 5) is 18.7. The van der Waals surface area contributed by atoms with Crippen molar-refractivity contribution in [2.24, 2.45) is 0 Å². The van der Waals surface area contributed by atoms with Crippen LogP contribution in [0.1, 0.15) is 34.0 Å². The number of carbonyl (C=O) groups excluding carboxylic acids is 1. The minimum Gasteiger partial charge on any atom is -0.347 e.